The van der Waals surface area contributed by atoms with Gasteiger partial charge < -0.3 is 9.47 Å². The van der Waals surface area contributed by atoms with E-state index in [1.54, 1.807) is 13.2 Å². The molecule has 0 saturated heterocycles. The van der Waals surface area contributed by atoms with E-state index in [1.165, 1.54) is 0 Å². The van der Waals surface area contributed by atoms with Crippen molar-refractivity contribution in [1.29, 1.82) is 0 Å². The van der Waals surface area contributed by atoms with Crippen molar-refractivity contribution in [2.45, 2.75) is 5.88 Å². The van der Waals surface area contributed by atoms with Crippen molar-refractivity contribution in [3.63, 3.8) is 0 Å². The van der Waals surface area contributed by atoms with E-state index >= 15 is 0 Å². The number of rotatable bonds is 4. The van der Waals surface area contributed by atoms with Crippen molar-refractivity contribution in [1.82, 2.24) is 0 Å². The predicted molar refractivity (Wildman–Crippen MR) is 74.1 cm³/mol. The Hall–Kier alpha value is -1.38. The highest BCUT2D eigenvalue weighted by Crippen LogP contribution is 2.35. The summed E-state index contributed by atoms with van der Waals surface area (Å²) in [5, 5.41) is 0.595. The first-order valence-electron chi connectivity index (χ1n) is 5.40. The van der Waals surface area contributed by atoms with Gasteiger partial charge in [0, 0.05) is 10.6 Å². The van der Waals surface area contributed by atoms with E-state index in [9.17, 15) is 0 Å². The fraction of sp³-hybridized carbons (Fsp3) is 0.143. The number of para-hydroxylation sites is 2. The number of hydrogen-bond donors (Lipinski definition) is 0. The number of hydrogen-bond acceptors (Lipinski definition) is 2. The Balaban J connectivity index is 2.37. The Labute approximate surface area is 116 Å². The second-order valence-corrected chi connectivity index (χ2v) is 4.28. The van der Waals surface area contributed by atoms with Crippen LogP contribution < -0.4 is 9.47 Å². The van der Waals surface area contributed by atoms with E-state index in [2.05, 4.69) is 0 Å². The van der Waals surface area contributed by atoms with Crippen LogP contribution in [0.4, 0.5) is 0 Å². The maximum atomic E-state index is 6.07. The number of benzene rings is 2. The zero-order valence-electron chi connectivity index (χ0n) is 9.82. The third-order valence-electron chi connectivity index (χ3n) is 2.50. The largest absolute Gasteiger partial charge is 0.493 e. The molecule has 2 nitrogen and oxygen atoms in total. The summed E-state index contributed by atoms with van der Waals surface area (Å²) >= 11 is 12.0. The molecule has 0 saturated carbocycles. The zero-order chi connectivity index (χ0) is 13.0. The van der Waals surface area contributed by atoms with Gasteiger partial charge in [0.1, 0.15) is 5.75 Å². The van der Waals surface area contributed by atoms with Crippen molar-refractivity contribution < 1.29 is 9.47 Å². The fourth-order valence-electron chi connectivity index (χ4n) is 1.59. The van der Waals surface area contributed by atoms with E-state index in [0.29, 0.717) is 28.2 Å². The molecule has 2 rings (SSSR count). The molecular weight excluding hydrogens is 271 g/mol. The molecule has 0 unspecified atom stereocenters. The molecule has 94 valence electrons. The van der Waals surface area contributed by atoms with Gasteiger partial charge in [-0.25, -0.2) is 0 Å². The normalized spacial score (nSPS) is 10.2. The van der Waals surface area contributed by atoms with Crippen molar-refractivity contribution in [2.24, 2.45) is 0 Å². The highest BCUT2D eigenvalue weighted by atomic mass is 35.5. The Morgan fingerprint density at radius 1 is 0.944 bits per heavy atom. The van der Waals surface area contributed by atoms with Crippen LogP contribution in [0.25, 0.3) is 0 Å². The summed E-state index contributed by atoms with van der Waals surface area (Å²) in [6.45, 7) is 0. The summed E-state index contributed by atoms with van der Waals surface area (Å²) in [4.78, 5) is 0. The van der Waals surface area contributed by atoms with Crippen LogP contribution in [-0.2, 0) is 5.88 Å². The maximum Gasteiger partial charge on any atom is 0.169 e. The van der Waals surface area contributed by atoms with E-state index in [4.69, 9.17) is 32.7 Å². The van der Waals surface area contributed by atoms with Gasteiger partial charge in [-0.2, -0.15) is 0 Å². The van der Waals surface area contributed by atoms with Crippen LogP contribution in [0, 0.1) is 0 Å². The van der Waals surface area contributed by atoms with Gasteiger partial charge in [0.15, 0.2) is 11.5 Å². The van der Waals surface area contributed by atoms with Gasteiger partial charge in [0.2, 0.25) is 0 Å². The molecule has 0 fully saturated rings. The minimum atomic E-state index is 0.296. The number of methoxy groups -OCH3 is 1. The summed E-state index contributed by atoms with van der Waals surface area (Å²) in [5.74, 6) is 2.23. The zero-order valence-corrected chi connectivity index (χ0v) is 11.3. The van der Waals surface area contributed by atoms with Gasteiger partial charge in [-0.05, 0) is 24.3 Å². The molecule has 18 heavy (non-hydrogen) atoms. The lowest BCUT2D eigenvalue weighted by Crippen LogP contribution is -1.93. The van der Waals surface area contributed by atoms with Crippen molar-refractivity contribution in [3.8, 4) is 17.2 Å². The predicted octanol–water partition coefficient (Wildman–Crippen LogP) is 4.88. The van der Waals surface area contributed by atoms with Gasteiger partial charge in [-0.3, -0.25) is 0 Å². The third-order valence-corrected chi connectivity index (χ3v) is 3.12. The van der Waals surface area contributed by atoms with Crippen molar-refractivity contribution >= 4 is 23.2 Å². The molecule has 0 aliphatic carbocycles. The first-order chi connectivity index (χ1) is 8.76. The number of halogens is 2. The van der Waals surface area contributed by atoms with Crippen molar-refractivity contribution in [3.05, 3.63) is 53.1 Å². The van der Waals surface area contributed by atoms with Crippen LogP contribution >= 0.6 is 23.2 Å². The van der Waals surface area contributed by atoms with Crippen LogP contribution in [0.5, 0.6) is 17.2 Å². The van der Waals surface area contributed by atoms with Gasteiger partial charge in [-0.1, -0.05) is 29.8 Å². The van der Waals surface area contributed by atoms with Crippen LogP contribution in [-0.4, -0.2) is 7.11 Å². The minimum absolute atomic E-state index is 0.296. The lowest BCUT2D eigenvalue weighted by Gasteiger charge is -2.13. The first kappa shape index (κ1) is 13.1. The quantitative estimate of drug-likeness (QED) is 0.744. The monoisotopic (exact) mass is 282 g/mol. The summed E-state index contributed by atoms with van der Waals surface area (Å²) in [5.41, 5.74) is 0.770. The Morgan fingerprint density at radius 3 is 2.28 bits per heavy atom. The molecule has 4 heteroatoms. The van der Waals surface area contributed by atoms with E-state index < -0.39 is 0 Å². The topological polar surface area (TPSA) is 18.5 Å². The molecule has 0 amide bonds. The summed E-state index contributed by atoms with van der Waals surface area (Å²) in [6.07, 6.45) is 0. The molecule has 0 aliphatic heterocycles. The molecule has 2 aromatic carbocycles. The Kier molecular flexibility index (Phi) is 4.34. The van der Waals surface area contributed by atoms with Gasteiger partial charge in [0.05, 0.1) is 13.0 Å². The lowest BCUT2D eigenvalue weighted by atomic mass is 10.2. The van der Waals surface area contributed by atoms with E-state index in [-0.39, 0.29) is 0 Å². The SMILES string of the molecule is COc1ccccc1Oc1cccc(Cl)c1CCl. The van der Waals surface area contributed by atoms with Crippen LogP contribution in [0.2, 0.25) is 5.02 Å². The van der Waals surface area contributed by atoms with E-state index in [0.717, 1.165) is 5.56 Å². The fourth-order valence-corrected chi connectivity index (χ4v) is 2.16. The van der Waals surface area contributed by atoms with Crippen LogP contribution in [0.1, 0.15) is 5.56 Å². The molecule has 0 N–H and O–H groups in total. The highest BCUT2D eigenvalue weighted by Gasteiger charge is 2.10. The molecule has 0 atom stereocenters. The van der Waals surface area contributed by atoms with Crippen molar-refractivity contribution in [2.75, 3.05) is 7.11 Å². The molecule has 2 aromatic rings. The summed E-state index contributed by atoms with van der Waals surface area (Å²) in [7, 11) is 1.60. The highest BCUT2D eigenvalue weighted by molar-refractivity contribution is 6.32. The Morgan fingerprint density at radius 2 is 1.61 bits per heavy atom. The minimum Gasteiger partial charge on any atom is -0.493 e. The Bertz CT molecular complexity index is 541. The molecule has 0 bridgehead atoms. The molecule has 0 spiro atoms. The number of alkyl halides is 1. The van der Waals surface area contributed by atoms with Crippen LogP contribution in [0.3, 0.4) is 0 Å². The first-order valence-corrected chi connectivity index (χ1v) is 6.31. The smallest absolute Gasteiger partial charge is 0.169 e. The molecule has 0 aromatic heterocycles. The van der Waals surface area contributed by atoms with Gasteiger partial charge in [-0.15, -0.1) is 11.6 Å². The molecular formula is C14H12Cl2O2. The molecule has 0 heterocycles. The summed E-state index contributed by atoms with van der Waals surface area (Å²) in [6, 6.07) is 12.9. The van der Waals surface area contributed by atoms with Gasteiger partial charge in [0.25, 0.3) is 0 Å². The third kappa shape index (κ3) is 2.71. The van der Waals surface area contributed by atoms with Gasteiger partial charge >= 0.3 is 0 Å². The molecule has 0 aliphatic rings. The second kappa shape index (κ2) is 5.98. The summed E-state index contributed by atoms with van der Waals surface area (Å²) < 4.78 is 11.0. The average molecular weight is 283 g/mol. The second-order valence-electron chi connectivity index (χ2n) is 3.60. The maximum absolute atomic E-state index is 6.07. The standard InChI is InChI=1S/C14H12Cl2O2/c1-17-13-6-2-3-7-14(13)18-12-8-4-5-11(16)10(12)9-15/h2-8H,9H2,1H3. The average Bonchev–Trinajstić information content (AvgIpc) is 2.40. The lowest BCUT2D eigenvalue weighted by molar-refractivity contribution is 0.378. The van der Waals surface area contributed by atoms with Crippen LogP contribution in [0.15, 0.2) is 42.5 Å². The molecule has 0 radical (unpaired) electrons. The number of ether oxygens (including phenoxy) is 2. The van der Waals surface area contributed by atoms with E-state index in [1.807, 2.05) is 36.4 Å².